The van der Waals surface area contributed by atoms with Crippen molar-refractivity contribution in [2.45, 2.75) is 19.3 Å². The molecule has 1 aromatic carbocycles. The summed E-state index contributed by atoms with van der Waals surface area (Å²) in [5.41, 5.74) is 2.35. The molecule has 0 saturated heterocycles. The zero-order valence-electron chi connectivity index (χ0n) is 12.7. The Balaban J connectivity index is 1.85. The highest BCUT2D eigenvalue weighted by atomic mass is 16.6. The smallest absolute Gasteiger partial charge is 0.334 e. The van der Waals surface area contributed by atoms with E-state index >= 15 is 0 Å². The van der Waals surface area contributed by atoms with Gasteiger partial charge in [0.15, 0.2) is 0 Å². The number of fused-ring (bicyclic) bond motifs is 2. The fraction of sp³-hybridized carbons (Fsp3) is 0.176. The Morgan fingerprint density at radius 2 is 2.00 bits per heavy atom. The Hall–Kier alpha value is -3.22. The lowest BCUT2D eigenvalue weighted by Gasteiger charge is -2.09. The number of anilines is 2. The number of hydrogen-bond donors (Lipinski definition) is 1. The van der Waals surface area contributed by atoms with Gasteiger partial charge in [-0.1, -0.05) is 12.1 Å². The molecule has 0 aliphatic heterocycles. The Kier molecular flexibility index (Phi) is 3.26. The third-order valence-corrected chi connectivity index (χ3v) is 4.25. The first-order valence-corrected chi connectivity index (χ1v) is 7.68. The van der Waals surface area contributed by atoms with Crippen LogP contribution < -0.4 is 10.9 Å². The van der Waals surface area contributed by atoms with Gasteiger partial charge in [-0.3, -0.25) is 19.3 Å². The normalized spacial score (nSPS) is 13.0. The van der Waals surface area contributed by atoms with Crippen LogP contribution in [0.2, 0.25) is 0 Å². The number of aryl methyl sites for hydroxylation is 2. The van der Waals surface area contributed by atoms with E-state index < -0.39 is 16.2 Å². The quantitative estimate of drug-likeness (QED) is 0.591. The van der Waals surface area contributed by atoms with Crippen LogP contribution in [0.15, 0.2) is 47.4 Å². The highest BCUT2D eigenvalue weighted by Gasteiger charge is 2.24. The number of rotatable bonds is 3. The minimum absolute atomic E-state index is 0.0332. The van der Waals surface area contributed by atoms with E-state index in [2.05, 4.69) is 10.3 Å². The van der Waals surface area contributed by atoms with Crippen LogP contribution in [-0.2, 0) is 12.8 Å². The van der Waals surface area contributed by atoms with Crippen molar-refractivity contribution in [3.05, 3.63) is 74.2 Å². The van der Waals surface area contributed by atoms with Gasteiger partial charge in [0.25, 0.3) is 0 Å². The zero-order chi connectivity index (χ0) is 16.7. The lowest BCUT2D eigenvalue weighted by molar-refractivity contribution is -0.385. The van der Waals surface area contributed by atoms with Crippen LogP contribution in [0.4, 0.5) is 17.2 Å². The second kappa shape index (κ2) is 5.45. The van der Waals surface area contributed by atoms with E-state index in [0.717, 1.165) is 19.3 Å². The maximum absolute atomic E-state index is 12.4. The summed E-state index contributed by atoms with van der Waals surface area (Å²) in [5, 5.41) is 14.3. The maximum atomic E-state index is 12.4. The van der Waals surface area contributed by atoms with E-state index in [4.69, 9.17) is 0 Å². The van der Waals surface area contributed by atoms with Gasteiger partial charge in [-0.25, -0.2) is 4.98 Å². The summed E-state index contributed by atoms with van der Waals surface area (Å²) in [4.78, 5) is 27.4. The van der Waals surface area contributed by atoms with Gasteiger partial charge in [0.2, 0.25) is 5.82 Å². The third-order valence-electron chi connectivity index (χ3n) is 4.25. The molecule has 7 heteroatoms. The molecular formula is C17H14N4O3. The van der Waals surface area contributed by atoms with Crippen LogP contribution in [0.5, 0.6) is 0 Å². The number of pyridine rings is 1. The summed E-state index contributed by atoms with van der Waals surface area (Å²) >= 11 is 0. The molecule has 2 aromatic heterocycles. The summed E-state index contributed by atoms with van der Waals surface area (Å²) in [5.74, 6) is -0.0332. The van der Waals surface area contributed by atoms with E-state index in [1.165, 1.54) is 21.7 Å². The lowest BCUT2D eigenvalue weighted by Crippen LogP contribution is -2.20. The Morgan fingerprint density at radius 3 is 2.83 bits per heavy atom. The Labute approximate surface area is 136 Å². The monoisotopic (exact) mass is 322 g/mol. The van der Waals surface area contributed by atoms with Gasteiger partial charge in [0, 0.05) is 11.9 Å². The molecule has 3 aromatic rings. The molecule has 0 unspecified atom stereocenters. The molecule has 7 nitrogen and oxygen atoms in total. The molecule has 1 aliphatic rings. The van der Waals surface area contributed by atoms with E-state index in [9.17, 15) is 14.9 Å². The van der Waals surface area contributed by atoms with Crippen molar-refractivity contribution in [2.75, 3.05) is 5.32 Å². The minimum Gasteiger partial charge on any atom is -0.334 e. The Morgan fingerprint density at radius 1 is 1.17 bits per heavy atom. The molecule has 0 bridgehead atoms. The second-order valence-electron chi connectivity index (χ2n) is 5.76. The molecule has 24 heavy (non-hydrogen) atoms. The van der Waals surface area contributed by atoms with Crippen LogP contribution in [0.25, 0.3) is 5.65 Å². The molecule has 0 amide bonds. The molecule has 0 saturated carbocycles. The molecule has 0 atom stereocenters. The van der Waals surface area contributed by atoms with Gasteiger partial charge in [0.1, 0.15) is 5.65 Å². The van der Waals surface area contributed by atoms with Gasteiger partial charge < -0.3 is 5.32 Å². The highest BCUT2D eigenvalue weighted by molar-refractivity contribution is 5.68. The van der Waals surface area contributed by atoms with Gasteiger partial charge >= 0.3 is 11.2 Å². The molecule has 4 rings (SSSR count). The first-order valence-electron chi connectivity index (χ1n) is 7.68. The second-order valence-corrected chi connectivity index (χ2v) is 5.76. The van der Waals surface area contributed by atoms with Gasteiger partial charge in [-0.05, 0) is 54.7 Å². The average Bonchev–Trinajstić information content (AvgIpc) is 3.02. The number of nitro groups is 1. The molecule has 1 aliphatic carbocycles. The average molecular weight is 322 g/mol. The molecular weight excluding hydrogens is 308 g/mol. The van der Waals surface area contributed by atoms with Gasteiger partial charge in [0.05, 0.1) is 4.92 Å². The zero-order valence-corrected chi connectivity index (χ0v) is 12.7. The SMILES string of the molecule is O=c1c([N+](=O)[O-])c(Nc2ccc3c(c2)CCC3)nc2ccccn12. The topological polar surface area (TPSA) is 89.5 Å². The van der Waals surface area contributed by atoms with Crippen molar-refractivity contribution >= 4 is 22.8 Å². The van der Waals surface area contributed by atoms with Gasteiger partial charge in [-0.2, -0.15) is 0 Å². The fourth-order valence-corrected chi connectivity index (χ4v) is 3.12. The molecule has 0 spiro atoms. The van der Waals surface area contributed by atoms with Crippen molar-refractivity contribution in [1.82, 2.24) is 9.38 Å². The van der Waals surface area contributed by atoms with E-state index in [1.54, 1.807) is 18.2 Å². The van der Waals surface area contributed by atoms with Crippen molar-refractivity contribution in [1.29, 1.82) is 0 Å². The summed E-state index contributed by atoms with van der Waals surface area (Å²) in [6, 6.07) is 10.9. The van der Waals surface area contributed by atoms with Crippen molar-refractivity contribution in [3.8, 4) is 0 Å². The van der Waals surface area contributed by atoms with E-state index in [1.807, 2.05) is 18.2 Å². The summed E-state index contributed by atoms with van der Waals surface area (Å²) in [7, 11) is 0. The number of nitrogens with one attached hydrogen (secondary N) is 1. The number of hydrogen-bond acceptors (Lipinski definition) is 5. The number of nitrogens with zero attached hydrogens (tertiary/aromatic N) is 3. The first-order chi connectivity index (χ1) is 11.6. The standard InChI is InChI=1S/C17H14N4O3/c22-17-15(21(23)24)16(19-14-6-1-2-9-20(14)17)18-13-8-7-11-4-3-5-12(11)10-13/h1-2,6-10,18H,3-5H2. The largest absolute Gasteiger partial charge is 0.376 e. The summed E-state index contributed by atoms with van der Waals surface area (Å²) in [6.07, 6.45) is 4.65. The third kappa shape index (κ3) is 2.30. The van der Waals surface area contributed by atoms with Crippen molar-refractivity contribution < 1.29 is 4.92 Å². The van der Waals surface area contributed by atoms with Crippen LogP contribution in [-0.4, -0.2) is 14.3 Å². The molecule has 1 N–H and O–H groups in total. The number of aromatic nitrogens is 2. The highest BCUT2D eigenvalue weighted by Crippen LogP contribution is 2.28. The van der Waals surface area contributed by atoms with Crippen LogP contribution in [0.1, 0.15) is 17.5 Å². The van der Waals surface area contributed by atoms with Crippen molar-refractivity contribution in [2.24, 2.45) is 0 Å². The van der Waals surface area contributed by atoms with Crippen LogP contribution in [0, 0.1) is 10.1 Å². The lowest BCUT2D eigenvalue weighted by atomic mass is 10.1. The first kappa shape index (κ1) is 14.4. The minimum atomic E-state index is -0.700. The molecule has 2 heterocycles. The summed E-state index contributed by atoms with van der Waals surface area (Å²) < 4.78 is 1.17. The molecule has 0 fully saturated rings. The van der Waals surface area contributed by atoms with Gasteiger partial charge in [-0.15, -0.1) is 0 Å². The van der Waals surface area contributed by atoms with E-state index in [-0.39, 0.29) is 5.82 Å². The summed E-state index contributed by atoms with van der Waals surface area (Å²) in [6.45, 7) is 0. The fourth-order valence-electron chi connectivity index (χ4n) is 3.12. The number of benzene rings is 1. The predicted molar refractivity (Wildman–Crippen MR) is 89.9 cm³/mol. The Bertz CT molecular complexity index is 1030. The van der Waals surface area contributed by atoms with Crippen molar-refractivity contribution in [3.63, 3.8) is 0 Å². The molecule has 0 radical (unpaired) electrons. The van der Waals surface area contributed by atoms with E-state index in [0.29, 0.717) is 11.3 Å². The maximum Gasteiger partial charge on any atom is 0.376 e. The van der Waals surface area contributed by atoms with Crippen LogP contribution >= 0.6 is 0 Å². The van der Waals surface area contributed by atoms with Crippen LogP contribution in [0.3, 0.4) is 0 Å². The molecule has 120 valence electrons. The predicted octanol–water partition coefficient (Wildman–Crippen LogP) is 2.84.